The lowest BCUT2D eigenvalue weighted by molar-refractivity contribution is 0.245. The zero-order chi connectivity index (χ0) is 15.9. The zero-order valence-corrected chi connectivity index (χ0v) is 13.4. The minimum atomic E-state index is -3.75. The smallest absolute Gasteiger partial charge is 0.257 e. The molecule has 22 heavy (non-hydrogen) atoms. The Morgan fingerprint density at radius 2 is 2.05 bits per heavy atom. The fraction of sp³-hybridized carbons (Fsp3) is 0.333. The standard InChI is InChI=1S/C15H14F2O3S2/c1-22(18,19)20-15-9-6-7-12(16)14(17)11(9)8-21-13-5-3-2-4-10(13)15/h2-6,12,15H,7-8H2,1H3. The van der Waals surface area contributed by atoms with Gasteiger partial charge in [-0.1, -0.05) is 24.3 Å². The van der Waals surface area contributed by atoms with E-state index in [1.54, 1.807) is 18.2 Å². The SMILES string of the molecule is CS(=O)(=O)OC1C2=CCC(F)C(F)=C2CSc2ccccc21. The summed E-state index contributed by atoms with van der Waals surface area (Å²) in [7, 11) is -3.75. The Bertz CT molecular complexity index is 769. The fourth-order valence-electron chi connectivity index (χ4n) is 2.63. The molecule has 2 unspecified atom stereocenters. The molecule has 3 rings (SSSR count). The lowest BCUT2D eigenvalue weighted by Crippen LogP contribution is -2.18. The molecule has 1 aliphatic heterocycles. The molecule has 0 saturated carbocycles. The van der Waals surface area contributed by atoms with Gasteiger partial charge in [-0.3, -0.25) is 4.18 Å². The molecule has 2 aliphatic rings. The molecule has 7 heteroatoms. The molecule has 3 nitrogen and oxygen atoms in total. The first kappa shape index (κ1) is 15.7. The molecule has 1 heterocycles. The maximum absolute atomic E-state index is 14.2. The van der Waals surface area contributed by atoms with Crippen molar-refractivity contribution in [3.63, 3.8) is 0 Å². The molecular weight excluding hydrogens is 330 g/mol. The summed E-state index contributed by atoms with van der Waals surface area (Å²) in [5, 5.41) is 0. The van der Waals surface area contributed by atoms with E-state index in [1.807, 2.05) is 12.1 Å². The first-order valence-electron chi connectivity index (χ1n) is 6.70. The highest BCUT2D eigenvalue weighted by molar-refractivity contribution is 7.99. The third-order valence-electron chi connectivity index (χ3n) is 3.58. The Kier molecular flexibility index (Phi) is 4.13. The van der Waals surface area contributed by atoms with Gasteiger partial charge in [0.05, 0.1) is 6.26 Å². The summed E-state index contributed by atoms with van der Waals surface area (Å²) in [5.74, 6) is -0.571. The highest BCUT2D eigenvalue weighted by Crippen LogP contribution is 2.46. The zero-order valence-electron chi connectivity index (χ0n) is 11.8. The number of halogens is 2. The van der Waals surface area contributed by atoms with Crippen LogP contribution in [0.25, 0.3) is 0 Å². The van der Waals surface area contributed by atoms with Crippen LogP contribution >= 0.6 is 11.8 Å². The predicted molar refractivity (Wildman–Crippen MR) is 81.6 cm³/mol. The number of thioether (sulfide) groups is 1. The van der Waals surface area contributed by atoms with E-state index >= 15 is 0 Å². The van der Waals surface area contributed by atoms with Gasteiger partial charge >= 0.3 is 0 Å². The Morgan fingerprint density at radius 1 is 1.32 bits per heavy atom. The van der Waals surface area contributed by atoms with E-state index in [-0.39, 0.29) is 17.7 Å². The minimum Gasteiger partial charge on any atom is -0.257 e. The molecule has 0 amide bonds. The van der Waals surface area contributed by atoms with Crippen LogP contribution in [0.2, 0.25) is 0 Å². The number of hydrogen-bond acceptors (Lipinski definition) is 4. The second kappa shape index (κ2) is 5.79. The summed E-state index contributed by atoms with van der Waals surface area (Å²) in [6.07, 6.45) is -0.217. The topological polar surface area (TPSA) is 43.4 Å². The minimum absolute atomic E-state index is 0.110. The van der Waals surface area contributed by atoms with Crippen molar-refractivity contribution >= 4 is 21.9 Å². The average Bonchev–Trinajstić information content (AvgIpc) is 2.60. The Morgan fingerprint density at radius 3 is 2.77 bits per heavy atom. The molecule has 1 aromatic carbocycles. The van der Waals surface area contributed by atoms with Crippen LogP contribution in [0.4, 0.5) is 8.78 Å². The summed E-state index contributed by atoms with van der Waals surface area (Å²) in [4.78, 5) is 0.808. The summed E-state index contributed by atoms with van der Waals surface area (Å²) < 4.78 is 56.2. The first-order valence-corrected chi connectivity index (χ1v) is 9.50. The van der Waals surface area contributed by atoms with Crippen molar-refractivity contribution < 1.29 is 21.4 Å². The van der Waals surface area contributed by atoms with Gasteiger partial charge in [-0.2, -0.15) is 8.42 Å². The lowest BCUT2D eigenvalue weighted by atomic mass is 9.90. The van der Waals surface area contributed by atoms with Crippen molar-refractivity contribution in [2.75, 3.05) is 12.0 Å². The van der Waals surface area contributed by atoms with Crippen LogP contribution in [0.3, 0.4) is 0 Å². The molecule has 0 spiro atoms. The normalized spacial score (nSPS) is 25.1. The van der Waals surface area contributed by atoms with Crippen molar-refractivity contribution in [1.82, 2.24) is 0 Å². The van der Waals surface area contributed by atoms with E-state index in [9.17, 15) is 17.2 Å². The number of rotatable bonds is 2. The molecule has 0 fully saturated rings. The Hall–Kier alpha value is -1.18. The first-order chi connectivity index (χ1) is 10.4. The van der Waals surface area contributed by atoms with Crippen LogP contribution in [-0.4, -0.2) is 26.6 Å². The number of alkyl halides is 1. The van der Waals surface area contributed by atoms with Gasteiger partial charge in [0.1, 0.15) is 11.9 Å². The number of hydrogen-bond donors (Lipinski definition) is 0. The molecule has 0 saturated heterocycles. The Labute approximate surface area is 132 Å². The van der Waals surface area contributed by atoms with Crippen molar-refractivity contribution in [1.29, 1.82) is 0 Å². The number of fused-ring (bicyclic) bond motifs is 2. The quantitative estimate of drug-likeness (QED) is 0.767. The highest BCUT2D eigenvalue weighted by atomic mass is 32.2. The van der Waals surface area contributed by atoms with Crippen LogP contribution in [0, 0.1) is 0 Å². The summed E-state index contributed by atoms with van der Waals surface area (Å²) in [6.45, 7) is 0. The van der Waals surface area contributed by atoms with E-state index < -0.39 is 28.2 Å². The molecule has 0 radical (unpaired) electrons. The maximum Gasteiger partial charge on any atom is 0.265 e. The monoisotopic (exact) mass is 344 g/mol. The van der Waals surface area contributed by atoms with E-state index in [1.165, 1.54) is 11.8 Å². The van der Waals surface area contributed by atoms with Gasteiger partial charge in [0.25, 0.3) is 10.1 Å². The molecule has 0 aromatic heterocycles. The fourth-order valence-corrected chi connectivity index (χ4v) is 4.30. The van der Waals surface area contributed by atoms with Crippen LogP contribution in [0.15, 0.2) is 52.2 Å². The molecule has 0 N–H and O–H groups in total. The van der Waals surface area contributed by atoms with E-state index in [4.69, 9.17) is 4.18 Å². The maximum atomic E-state index is 14.2. The van der Waals surface area contributed by atoms with Gasteiger partial charge < -0.3 is 0 Å². The molecule has 1 aliphatic carbocycles. The summed E-state index contributed by atoms with van der Waals surface area (Å²) >= 11 is 1.35. The van der Waals surface area contributed by atoms with Gasteiger partial charge in [0.2, 0.25) is 0 Å². The van der Waals surface area contributed by atoms with Crippen molar-refractivity contribution in [3.8, 4) is 0 Å². The molecule has 1 aromatic rings. The van der Waals surface area contributed by atoms with Crippen LogP contribution in [-0.2, 0) is 14.3 Å². The second-order valence-electron chi connectivity index (χ2n) is 5.20. The van der Waals surface area contributed by atoms with E-state index in [2.05, 4.69) is 0 Å². The lowest BCUT2D eigenvalue weighted by Gasteiger charge is -2.24. The molecule has 0 bridgehead atoms. The van der Waals surface area contributed by atoms with Crippen molar-refractivity contribution in [2.24, 2.45) is 0 Å². The van der Waals surface area contributed by atoms with Crippen LogP contribution in [0.1, 0.15) is 18.1 Å². The largest absolute Gasteiger partial charge is 0.265 e. The third-order valence-corrected chi connectivity index (χ3v) is 5.24. The average molecular weight is 344 g/mol. The Balaban J connectivity index is 2.16. The van der Waals surface area contributed by atoms with Gasteiger partial charge in [-0.15, -0.1) is 11.8 Å². The molecule has 118 valence electrons. The molecular formula is C15H14F2O3S2. The predicted octanol–water partition coefficient (Wildman–Crippen LogP) is 3.70. The number of benzene rings is 1. The number of allylic oxidation sites excluding steroid dienone is 2. The van der Waals surface area contributed by atoms with Crippen molar-refractivity contribution in [3.05, 3.63) is 52.9 Å². The summed E-state index contributed by atoms with van der Waals surface area (Å²) in [6, 6.07) is 7.16. The van der Waals surface area contributed by atoms with Crippen LogP contribution < -0.4 is 0 Å². The van der Waals surface area contributed by atoms with E-state index in [0.717, 1.165) is 11.2 Å². The van der Waals surface area contributed by atoms with Crippen LogP contribution in [0.5, 0.6) is 0 Å². The van der Waals surface area contributed by atoms with Gasteiger partial charge in [-0.05, 0) is 11.6 Å². The second-order valence-corrected chi connectivity index (χ2v) is 7.81. The van der Waals surface area contributed by atoms with E-state index in [0.29, 0.717) is 11.1 Å². The van der Waals surface area contributed by atoms with Gasteiger partial charge in [0, 0.05) is 28.2 Å². The van der Waals surface area contributed by atoms with Gasteiger partial charge in [0.15, 0.2) is 6.17 Å². The summed E-state index contributed by atoms with van der Waals surface area (Å²) in [5.41, 5.74) is 1.27. The van der Waals surface area contributed by atoms with Gasteiger partial charge in [-0.25, -0.2) is 8.78 Å². The third kappa shape index (κ3) is 2.98. The molecule has 2 atom stereocenters. The highest BCUT2D eigenvalue weighted by Gasteiger charge is 2.35. The van der Waals surface area contributed by atoms with Crippen molar-refractivity contribution in [2.45, 2.75) is 23.6 Å².